The first-order valence-corrected chi connectivity index (χ1v) is 8.03. The van der Waals surface area contributed by atoms with Gasteiger partial charge >= 0.3 is 0 Å². The van der Waals surface area contributed by atoms with Gasteiger partial charge in [-0.2, -0.15) is 0 Å². The molecular weight excluding hydrogens is 268 g/mol. The van der Waals surface area contributed by atoms with E-state index in [9.17, 15) is 8.42 Å². The van der Waals surface area contributed by atoms with Gasteiger partial charge in [-0.05, 0) is 26.7 Å². The first kappa shape index (κ1) is 13.9. The lowest BCUT2D eigenvalue weighted by molar-refractivity contribution is 0.240. The molecule has 0 aromatic carbocycles. The second-order valence-corrected chi connectivity index (χ2v) is 6.62. The van der Waals surface area contributed by atoms with E-state index in [0.29, 0.717) is 17.2 Å². The van der Waals surface area contributed by atoms with E-state index in [0.717, 1.165) is 19.1 Å². The van der Waals surface area contributed by atoms with E-state index in [-0.39, 0.29) is 12.2 Å². The molecule has 0 saturated heterocycles. The van der Waals surface area contributed by atoms with Crippen LogP contribution in [0.1, 0.15) is 26.7 Å². The van der Waals surface area contributed by atoms with E-state index in [2.05, 4.69) is 9.71 Å². The Kier molecular flexibility index (Phi) is 3.84. The number of hydrogen-bond acceptors (Lipinski definition) is 5. The van der Waals surface area contributed by atoms with Crippen LogP contribution in [0.4, 0.5) is 5.69 Å². The molecule has 0 radical (unpaired) electrons. The van der Waals surface area contributed by atoms with Crippen LogP contribution < -0.4 is 14.2 Å². The summed E-state index contributed by atoms with van der Waals surface area (Å²) in [5, 5.41) is 0. The molecule has 0 spiro atoms. The number of ether oxygens (including phenoxy) is 2. The minimum Gasteiger partial charge on any atom is -0.487 e. The molecule has 1 aromatic heterocycles. The number of aromatic nitrogens is 1. The first-order chi connectivity index (χ1) is 8.85. The predicted octanol–water partition coefficient (Wildman–Crippen LogP) is 1.78. The summed E-state index contributed by atoms with van der Waals surface area (Å²) < 4.78 is 36.6. The van der Waals surface area contributed by atoms with Crippen molar-refractivity contribution in [2.24, 2.45) is 0 Å². The van der Waals surface area contributed by atoms with Gasteiger partial charge in [0.1, 0.15) is 5.69 Å². The summed E-state index contributed by atoms with van der Waals surface area (Å²) in [6, 6.07) is 0. The molecule has 1 fully saturated rings. The second kappa shape index (κ2) is 5.24. The summed E-state index contributed by atoms with van der Waals surface area (Å²) in [6.07, 6.45) is 6.09. The molecule has 0 aliphatic heterocycles. The van der Waals surface area contributed by atoms with Gasteiger partial charge in [-0.1, -0.05) is 0 Å². The van der Waals surface area contributed by atoms with Gasteiger partial charge in [0.15, 0.2) is 11.5 Å². The average Bonchev–Trinajstić information content (AvgIpc) is 3.04. The van der Waals surface area contributed by atoms with Crippen LogP contribution in [-0.2, 0) is 10.0 Å². The molecule has 1 heterocycles. The molecule has 6 nitrogen and oxygen atoms in total. The number of pyridine rings is 1. The SMILES string of the molecule is CC(C)Oc1cncc(OC2CC2)c1NS(C)(=O)=O. The first-order valence-electron chi connectivity index (χ1n) is 6.14. The molecule has 1 aliphatic carbocycles. The van der Waals surface area contributed by atoms with Gasteiger partial charge in [0.05, 0.1) is 30.9 Å². The Hall–Kier alpha value is -1.50. The highest BCUT2D eigenvalue weighted by atomic mass is 32.2. The largest absolute Gasteiger partial charge is 0.487 e. The minimum absolute atomic E-state index is 0.0851. The Morgan fingerprint density at radius 3 is 2.47 bits per heavy atom. The van der Waals surface area contributed by atoms with Crippen molar-refractivity contribution in [1.82, 2.24) is 4.98 Å². The zero-order chi connectivity index (χ0) is 14.0. The van der Waals surface area contributed by atoms with Gasteiger partial charge in [0.2, 0.25) is 10.0 Å². The quantitative estimate of drug-likeness (QED) is 0.862. The maximum atomic E-state index is 11.4. The molecule has 1 aliphatic rings. The summed E-state index contributed by atoms with van der Waals surface area (Å²) in [5.74, 6) is 0.782. The van der Waals surface area contributed by atoms with Gasteiger partial charge in [0, 0.05) is 0 Å². The highest BCUT2D eigenvalue weighted by Crippen LogP contribution is 2.38. The van der Waals surface area contributed by atoms with Crippen LogP contribution in [0.15, 0.2) is 12.4 Å². The van der Waals surface area contributed by atoms with E-state index in [1.165, 1.54) is 12.4 Å². The Morgan fingerprint density at radius 1 is 1.32 bits per heavy atom. The molecular formula is C12H18N2O4S. The number of anilines is 1. The fourth-order valence-electron chi connectivity index (χ4n) is 1.51. The van der Waals surface area contributed by atoms with E-state index < -0.39 is 10.0 Å². The number of sulfonamides is 1. The zero-order valence-corrected chi connectivity index (χ0v) is 12.0. The summed E-state index contributed by atoms with van der Waals surface area (Å²) in [7, 11) is -3.41. The Morgan fingerprint density at radius 2 is 1.95 bits per heavy atom. The third kappa shape index (κ3) is 4.27. The van der Waals surface area contributed by atoms with E-state index in [1.807, 2.05) is 13.8 Å². The Bertz CT molecular complexity index is 531. The van der Waals surface area contributed by atoms with Crippen molar-refractivity contribution in [2.45, 2.75) is 38.9 Å². The molecule has 1 aromatic rings. The maximum absolute atomic E-state index is 11.4. The van der Waals surface area contributed by atoms with Crippen molar-refractivity contribution in [3.63, 3.8) is 0 Å². The molecule has 19 heavy (non-hydrogen) atoms. The smallest absolute Gasteiger partial charge is 0.230 e. The molecule has 7 heteroatoms. The number of nitrogens with zero attached hydrogens (tertiary/aromatic N) is 1. The summed E-state index contributed by atoms with van der Waals surface area (Å²) in [4.78, 5) is 4.02. The van der Waals surface area contributed by atoms with Gasteiger partial charge < -0.3 is 9.47 Å². The number of nitrogens with one attached hydrogen (secondary N) is 1. The van der Waals surface area contributed by atoms with Crippen LogP contribution in [0.5, 0.6) is 11.5 Å². The van der Waals surface area contributed by atoms with Crippen LogP contribution in [0.3, 0.4) is 0 Å². The third-order valence-corrected chi connectivity index (χ3v) is 2.92. The highest BCUT2D eigenvalue weighted by molar-refractivity contribution is 7.92. The molecule has 1 saturated carbocycles. The van der Waals surface area contributed by atoms with Crippen molar-refractivity contribution in [3.8, 4) is 11.5 Å². The van der Waals surface area contributed by atoms with Crippen LogP contribution in [0.2, 0.25) is 0 Å². The van der Waals surface area contributed by atoms with Crippen molar-refractivity contribution in [2.75, 3.05) is 11.0 Å². The molecule has 0 unspecified atom stereocenters. The standard InChI is InChI=1S/C12H18N2O4S/c1-8(2)17-10-6-13-7-11(18-9-4-5-9)12(10)14-19(3,15)16/h6-9H,4-5H2,1-3H3,(H,13,14). The summed E-state index contributed by atoms with van der Waals surface area (Å²) in [6.45, 7) is 3.72. The van der Waals surface area contributed by atoms with Gasteiger partial charge in [0.25, 0.3) is 0 Å². The maximum Gasteiger partial charge on any atom is 0.230 e. The predicted molar refractivity (Wildman–Crippen MR) is 72.1 cm³/mol. The van der Waals surface area contributed by atoms with Crippen LogP contribution >= 0.6 is 0 Å². The van der Waals surface area contributed by atoms with Gasteiger partial charge in [-0.25, -0.2) is 8.42 Å². The highest BCUT2D eigenvalue weighted by Gasteiger charge is 2.26. The monoisotopic (exact) mass is 286 g/mol. The lowest BCUT2D eigenvalue weighted by atomic mass is 10.3. The third-order valence-electron chi connectivity index (χ3n) is 2.34. The average molecular weight is 286 g/mol. The Balaban J connectivity index is 2.34. The van der Waals surface area contributed by atoms with Crippen molar-refractivity contribution >= 4 is 15.7 Å². The van der Waals surface area contributed by atoms with E-state index >= 15 is 0 Å². The van der Waals surface area contributed by atoms with Gasteiger partial charge in [-0.15, -0.1) is 0 Å². The van der Waals surface area contributed by atoms with Crippen LogP contribution in [0, 0.1) is 0 Å². The molecule has 0 atom stereocenters. The summed E-state index contributed by atoms with van der Waals surface area (Å²) in [5.41, 5.74) is 0.318. The number of hydrogen-bond donors (Lipinski definition) is 1. The van der Waals surface area contributed by atoms with Crippen molar-refractivity contribution < 1.29 is 17.9 Å². The number of rotatable bonds is 6. The molecule has 0 amide bonds. The summed E-state index contributed by atoms with van der Waals surface area (Å²) >= 11 is 0. The van der Waals surface area contributed by atoms with Crippen LogP contribution in [0.25, 0.3) is 0 Å². The fourth-order valence-corrected chi connectivity index (χ4v) is 2.08. The second-order valence-electron chi connectivity index (χ2n) is 4.87. The molecule has 2 rings (SSSR count). The van der Waals surface area contributed by atoms with Gasteiger partial charge in [-0.3, -0.25) is 9.71 Å². The van der Waals surface area contributed by atoms with E-state index in [4.69, 9.17) is 9.47 Å². The molecule has 0 bridgehead atoms. The Labute approximate surface area is 113 Å². The fraction of sp³-hybridized carbons (Fsp3) is 0.583. The topological polar surface area (TPSA) is 77.5 Å². The zero-order valence-electron chi connectivity index (χ0n) is 11.2. The lowest BCUT2D eigenvalue weighted by Crippen LogP contribution is -2.15. The lowest BCUT2D eigenvalue weighted by Gasteiger charge is -2.17. The molecule has 106 valence electrons. The van der Waals surface area contributed by atoms with Crippen molar-refractivity contribution in [3.05, 3.63) is 12.4 Å². The van der Waals surface area contributed by atoms with E-state index in [1.54, 1.807) is 0 Å². The van der Waals surface area contributed by atoms with Crippen molar-refractivity contribution in [1.29, 1.82) is 0 Å². The minimum atomic E-state index is -3.41. The normalized spacial score (nSPS) is 15.4. The van der Waals surface area contributed by atoms with Crippen LogP contribution in [-0.4, -0.2) is 31.9 Å². The molecule has 1 N–H and O–H groups in total.